The summed E-state index contributed by atoms with van der Waals surface area (Å²) >= 11 is 0. The zero-order valence-electron chi connectivity index (χ0n) is 38.7. The fourth-order valence-electron chi connectivity index (χ4n) is 12.2. The largest absolute Gasteiger partial charge is 0.310 e. The van der Waals surface area contributed by atoms with Crippen molar-refractivity contribution in [3.8, 4) is 55.6 Å². The molecule has 13 rings (SSSR count). The van der Waals surface area contributed by atoms with E-state index in [-0.39, 0.29) is 10.8 Å². The molecule has 0 saturated heterocycles. The summed E-state index contributed by atoms with van der Waals surface area (Å²) in [5.41, 5.74) is 25.2. The maximum Gasteiger partial charge on any atom is 0.0725 e. The summed E-state index contributed by atoms with van der Waals surface area (Å²) in [6, 6.07) is 82.7. The summed E-state index contributed by atoms with van der Waals surface area (Å²) in [5.74, 6) is 0. The molecule has 0 fully saturated rings. The Morgan fingerprint density at radius 1 is 0.358 bits per heavy atom. The normalized spacial score (nSPS) is 14.3. The van der Waals surface area contributed by atoms with Gasteiger partial charge in [-0.3, -0.25) is 0 Å². The number of fused-ring (bicyclic) bond motifs is 14. The first-order valence-electron chi connectivity index (χ1n) is 23.8. The molecule has 1 nitrogen and oxygen atoms in total. The van der Waals surface area contributed by atoms with Crippen LogP contribution in [-0.4, -0.2) is 0 Å². The molecular weight excluding hydrogens is 807 g/mol. The molecule has 0 radical (unpaired) electrons. The van der Waals surface area contributed by atoms with Crippen LogP contribution in [0.3, 0.4) is 0 Å². The quantitative estimate of drug-likeness (QED) is 0.167. The SMILES string of the molecule is CC(C)(C)c1ccc(-c2ccc(N(c3ccc4c(c3)-c3ccccc3C43c4ccccc4-c4ccccc43)c3ccc4ccccc4c3-c3ccc4c(c3)C(C)(C)c3ccccc3-4)cc2)cc1. The molecule has 0 heterocycles. The van der Waals surface area contributed by atoms with Crippen molar-refractivity contribution in [3.05, 3.63) is 257 Å². The van der Waals surface area contributed by atoms with Crippen molar-refractivity contribution in [2.24, 2.45) is 0 Å². The molecule has 0 atom stereocenters. The van der Waals surface area contributed by atoms with Crippen LogP contribution in [-0.2, 0) is 16.2 Å². The van der Waals surface area contributed by atoms with E-state index in [0.717, 1.165) is 17.1 Å². The van der Waals surface area contributed by atoms with Crippen LogP contribution in [0, 0.1) is 0 Å². The average Bonchev–Trinajstić information content (AvgIpc) is 3.92. The Balaban J connectivity index is 1.05. The van der Waals surface area contributed by atoms with E-state index >= 15 is 0 Å². The van der Waals surface area contributed by atoms with Gasteiger partial charge in [0.2, 0.25) is 0 Å². The van der Waals surface area contributed by atoms with Gasteiger partial charge in [-0.2, -0.15) is 0 Å². The van der Waals surface area contributed by atoms with Crippen LogP contribution in [0.1, 0.15) is 73.6 Å². The van der Waals surface area contributed by atoms with E-state index in [0.29, 0.717) is 0 Å². The van der Waals surface area contributed by atoms with Gasteiger partial charge in [0.15, 0.2) is 0 Å². The Labute approximate surface area is 394 Å². The van der Waals surface area contributed by atoms with Gasteiger partial charge < -0.3 is 4.90 Å². The van der Waals surface area contributed by atoms with Crippen molar-refractivity contribution in [1.82, 2.24) is 0 Å². The Bertz CT molecular complexity index is 3590. The lowest BCUT2D eigenvalue weighted by atomic mass is 9.70. The van der Waals surface area contributed by atoms with Crippen molar-refractivity contribution in [3.63, 3.8) is 0 Å². The first kappa shape index (κ1) is 39.6. The number of hydrogen-bond donors (Lipinski definition) is 0. The predicted molar refractivity (Wildman–Crippen MR) is 282 cm³/mol. The van der Waals surface area contributed by atoms with E-state index in [1.807, 2.05) is 0 Å². The first-order valence-corrected chi connectivity index (χ1v) is 23.8. The second kappa shape index (κ2) is 14.4. The molecule has 0 bridgehead atoms. The van der Waals surface area contributed by atoms with Crippen molar-refractivity contribution >= 4 is 27.8 Å². The zero-order valence-corrected chi connectivity index (χ0v) is 38.7. The summed E-state index contributed by atoms with van der Waals surface area (Å²) < 4.78 is 0. The van der Waals surface area contributed by atoms with Gasteiger partial charge >= 0.3 is 0 Å². The van der Waals surface area contributed by atoms with Crippen LogP contribution < -0.4 is 4.90 Å². The van der Waals surface area contributed by atoms with Gasteiger partial charge in [-0.15, -0.1) is 0 Å². The van der Waals surface area contributed by atoms with Gasteiger partial charge in [0.05, 0.1) is 11.1 Å². The predicted octanol–water partition coefficient (Wildman–Crippen LogP) is 17.6. The second-order valence-electron chi connectivity index (χ2n) is 20.4. The van der Waals surface area contributed by atoms with E-state index in [1.165, 1.54) is 105 Å². The average molecular weight is 858 g/mol. The van der Waals surface area contributed by atoms with Crippen LogP contribution >= 0.6 is 0 Å². The van der Waals surface area contributed by atoms with Gasteiger partial charge in [-0.1, -0.05) is 217 Å². The Kier molecular flexibility index (Phi) is 8.50. The number of hydrogen-bond acceptors (Lipinski definition) is 1. The van der Waals surface area contributed by atoms with Crippen LogP contribution in [0.2, 0.25) is 0 Å². The van der Waals surface area contributed by atoms with Crippen LogP contribution in [0.5, 0.6) is 0 Å². The van der Waals surface area contributed by atoms with Gasteiger partial charge in [0, 0.05) is 22.4 Å². The lowest BCUT2D eigenvalue weighted by molar-refractivity contribution is 0.590. The van der Waals surface area contributed by atoms with Crippen molar-refractivity contribution in [2.45, 2.75) is 50.9 Å². The number of anilines is 3. The highest BCUT2D eigenvalue weighted by atomic mass is 15.1. The number of rotatable bonds is 5. The summed E-state index contributed by atoms with van der Waals surface area (Å²) in [7, 11) is 0. The van der Waals surface area contributed by atoms with Gasteiger partial charge in [-0.25, -0.2) is 0 Å². The van der Waals surface area contributed by atoms with Gasteiger partial charge in [0.1, 0.15) is 0 Å². The summed E-state index contributed by atoms with van der Waals surface area (Å²) in [5, 5.41) is 2.46. The fraction of sp³-hybridized carbons (Fsp3) is 0.121. The van der Waals surface area contributed by atoms with Gasteiger partial charge in [0.25, 0.3) is 0 Å². The molecular formula is C66H51N. The third-order valence-electron chi connectivity index (χ3n) is 15.5. The van der Waals surface area contributed by atoms with Crippen molar-refractivity contribution in [2.75, 3.05) is 4.90 Å². The van der Waals surface area contributed by atoms with Crippen LogP contribution in [0.15, 0.2) is 218 Å². The monoisotopic (exact) mass is 857 g/mol. The molecule has 1 spiro atoms. The molecule has 1 heteroatoms. The maximum absolute atomic E-state index is 2.52. The molecule has 67 heavy (non-hydrogen) atoms. The number of benzene rings is 10. The Hall–Kier alpha value is -7.74. The summed E-state index contributed by atoms with van der Waals surface area (Å²) in [6.07, 6.45) is 0. The van der Waals surface area contributed by atoms with E-state index in [9.17, 15) is 0 Å². The smallest absolute Gasteiger partial charge is 0.0725 e. The van der Waals surface area contributed by atoms with Crippen molar-refractivity contribution < 1.29 is 0 Å². The van der Waals surface area contributed by atoms with Crippen molar-refractivity contribution in [1.29, 1.82) is 0 Å². The maximum atomic E-state index is 2.52. The zero-order chi connectivity index (χ0) is 45.2. The fourth-order valence-corrected chi connectivity index (χ4v) is 12.2. The van der Waals surface area contributed by atoms with E-state index < -0.39 is 5.41 Å². The molecule has 0 aliphatic heterocycles. The highest BCUT2D eigenvalue weighted by Gasteiger charge is 2.51. The topological polar surface area (TPSA) is 3.24 Å². The molecule has 320 valence electrons. The standard InChI is InChI=1S/C66H51N/c1-64(2,3)46-32-26-42(27-33-46)43-28-34-47(35-29-43)67(62-39-31-44-16-6-7-17-49(44)63(62)45-30-37-54-50-18-8-12-22-56(50)65(4,5)61(54)40-45)48-36-38-60-55(41-48)53-21-11-15-25-59(53)66(60)57-23-13-9-19-51(57)52-20-10-14-24-58(52)66/h6-41H,1-5H3. The molecule has 3 aliphatic rings. The Morgan fingerprint density at radius 3 is 1.46 bits per heavy atom. The van der Waals surface area contributed by atoms with E-state index in [1.54, 1.807) is 0 Å². The van der Waals surface area contributed by atoms with E-state index in [2.05, 4.69) is 258 Å². The van der Waals surface area contributed by atoms with E-state index in [4.69, 9.17) is 0 Å². The summed E-state index contributed by atoms with van der Waals surface area (Å²) in [6.45, 7) is 11.6. The minimum Gasteiger partial charge on any atom is -0.310 e. The Morgan fingerprint density at radius 2 is 0.836 bits per heavy atom. The van der Waals surface area contributed by atoms with Crippen LogP contribution in [0.25, 0.3) is 66.4 Å². The number of nitrogens with zero attached hydrogens (tertiary/aromatic N) is 1. The lowest BCUT2D eigenvalue weighted by Crippen LogP contribution is -2.25. The second-order valence-corrected chi connectivity index (χ2v) is 20.4. The molecule has 10 aromatic rings. The molecule has 3 aliphatic carbocycles. The van der Waals surface area contributed by atoms with Crippen LogP contribution in [0.4, 0.5) is 17.1 Å². The first-order chi connectivity index (χ1) is 32.6. The highest BCUT2D eigenvalue weighted by molar-refractivity contribution is 6.06. The lowest BCUT2D eigenvalue weighted by Gasteiger charge is -2.32. The third-order valence-corrected chi connectivity index (χ3v) is 15.5. The molecule has 0 unspecified atom stereocenters. The molecule has 0 saturated carbocycles. The van der Waals surface area contributed by atoms with Gasteiger partial charge in [-0.05, 0) is 142 Å². The molecule has 0 N–H and O–H groups in total. The molecule has 0 amide bonds. The third kappa shape index (κ3) is 5.68. The highest BCUT2D eigenvalue weighted by Crippen LogP contribution is 2.63. The summed E-state index contributed by atoms with van der Waals surface area (Å²) in [4.78, 5) is 2.52. The molecule has 0 aromatic heterocycles. The molecule has 10 aromatic carbocycles. The minimum atomic E-state index is -0.407. The minimum absolute atomic E-state index is 0.0968.